The highest BCUT2D eigenvalue weighted by atomic mass is 32.1. The largest absolute Gasteiger partial charge is 0.497 e. The number of amides is 1. The molecular weight excluding hydrogens is 400 g/mol. The number of hydrogen-bond donors (Lipinski definition) is 1. The van der Waals surface area contributed by atoms with Gasteiger partial charge in [0.2, 0.25) is 5.95 Å². The van der Waals surface area contributed by atoms with E-state index in [0.29, 0.717) is 29.9 Å². The molecule has 0 saturated carbocycles. The summed E-state index contributed by atoms with van der Waals surface area (Å²) in [5.41, 5.74) is 3.32. The molecule has 0 radical (unpaired) electrons. The monoisotopic (exact) mass is 424 g/mol. The maximum atomic E-state index is 12.9. The van der Waals surface area contributed by atoms with E-state index in [2.05, 4.69) is 31.2 Å². The molecule has 1 amide bonds. The number of rotatable bonds is 5. The minimum absolute atomic E-state index is 0.0501. The molecule has 8 nitrogen and oxygen atoms in total. The molecule has 0 aliphatic carbocycles. The third-order valence-corrected chi connectivity index (χ3v) is 5.67. The van der Waals surface area contributed by atoms with Crippen molar-refractivity contribution < 1.29 is 9.53 Å². The molecule has 2 aromatic heterocycles. The number of carbonyl (C=O) groups excluding carboxylic acids is 1. The Hall–Kier alpha value is -3.20. The highest BCUT2D eigenvalue weighted by Crippen LogP contribution is 2.24. The van der Waals surface area contributed by atoms with E-state index in [9.17, 15) is 4.79 Å². The van der Waals surface area contributed by atoms with Crippen molar-refractivity contribution in [1.82, 2.24) is 19.9 Å². The number of piperazine rings is 1. The van der Waals surface area contributed by atoms with Gasteiger partial charge in [0.15, 0.2) is 5.13 Å². The zero-order valence-electron chi connectivity index (χ0n) is 17.3. The van der Waals surface area contributed by atoms with Crippen molar-refractivity contribution >= 4 is 34.0 Å². The van der Waals surface area contributed by atoms with Crippen molar-refractivity contribution in [2.45, 2.75) is 13.8 Å². The van der Waals surface area contributed by atoms with Crippen LogP contribution in [0.1, 0.15) is 21.9 Å². The molecule has 156 valence electrons. The third-order valence-electron chi connectivity index (χ3n) is 4.91. The van der Waals surface area contributed by atoms with E-state index in [1.165, 1.54) is 11.3 Å². The van der Waals surface area contributed by atoms with Gasteiger partial charge >= 0.3 is 0 Å². The van der Waals surface area contributed by atoms with Crippen LogP contribution in [-0.4, -0.2) is 59.0 Å². The first-order chi connectivity index (χ1) is 14.5. The molecule has 4 rings (SSSR count). The number of aromatic nitrogens is 3. The minimum atomic E-state index is -0.0501. The van der Waals surface area contributed by atoms with Crippen LogP contribution in [0.15, 0.2) is 35.7 Å². The summed E-state index contributed by atoms with van der Waals surface area (Å²) in [4.78, 5) is 30.2. The number of anilines is 3. The Morgan fingerprint density at radius 3 is 2.50 bits per heavy atom. The molecule has 3 heterocycles. The molecule has 30 heavy (non-hydrogen) atoms. The number of ether oxygens (including phenoxy) is 1. The Bertz CT molecular complexity index is 1030. The lowest BCUT2D eigenvalue weighted by Crippen LogP contribution is -2.48. The zero-order valence-corrected chi connectivity index (χ0v) is 18.1. The molecule has 1 N–H and O–H groups in total. The first-order valence-corrected chi connectivity index (χ1v) is 10.6. The smallest absolute Gasteiger partial charge is 0.273 e. The van der Waals surface area contributed by atoms with Crippen LogP contribution < -0.4 is 15.0 Å². The molecule has 1 fully saturated rings. The predicted molar refractivity (Wildman–Crippen MR) is 118 cm³/mol. The van der Waals surface area contributed by atoms with E-state index in [0.717, 1.165) is 35.9 Å². The van der Waals surface area contributed by atoms with Gasteiger partial charge in [-0.2, -0.15) is 0 Å². The van der Waals surface area contributed by atoms with Gasteiger partial charge < -0.3 is 19.9 Å². The van der Waals surface area contributed by atoms with Gasteiger partial charge in [0.05, 0.1) is 7.11 Å². The van der Waals surface area contributed by atoms with Gasteiger partial charge in [-0.25, -0.2) is 15.0 Å². The standard InChI is InChI=1S/C21H24N6O2S/c1-14-11-15(2)23-20(22-14)25-21-24-18(13-30-21)19(28)27-9-7-26(8-10-27)16-5-4-6-17(12-16)29-3/h4-6,11-13H,7-10H2,1-3H3,(H,22,23,24,25). The van der Waals surface area contributed by atoms with Crippen LogP contribution in [0.3, 0.4) is 0 Å². The second-order valence-corrected chi connectivity index (χ2v) is 7.98. The summed E-state index contributed by atoms with van der Waals surface area (Å²) in [6.07, 6.45) is 0. The van der Waals surface area contributed by atoms with Gasteiger partial charge in [0, 0.05) is 54.7 Å². The summed E-state index contributed by atoms with van der Waals surface area (Å²) in [5, 5.41) is 5.49. The van der Waals surface area contributed by atoms with Crippen molar-refractivity contribution in [2.75, 3.05) is 43.5 Å². The van der Waals surface area contributed by atoms with Crippen molar-refractivity contribution in [3.05, 3.63) is 52.8 Å². The Morgan fingerprint density at radius 2 is 1.80 bits per heavy atom. The molecular formula is C21H24N6O2S. The number of hydrogen-bond acceptors (Lipinski definition) is 8. The van der Waals surface area contributed by atoms with Gasteiger partial charge in [-0.05, 0) is 32.0 Å². The number of benzene rings is 1. The van der Waals surface area contributed by atoms with E-state index in [1.807, 2.05) is 43.0 Å². The maximum Gasteiger partial charge on any atom is 0.273 e. The molecule has 0 unspecified atom stereocenters. The SMILES string of the molecule is COc1cccc(N2CCN(C(=O)c3csc(Nc4nc(C)cc(C)n4)n3)CC2)c1. The van der Waals surface area contributed by atoms with Crippen molar-refractivity contribution in [1.29, 1.82) is 0 Å². The van der Waals surface area contributed by atoms with Crippen molar-refractivity contribution in [3.63, 3.8) is 0 Å². The van der Waals surface area contributed by atoms with Gasteiger partial charge in [0.25, 0.3) is 5.91 Å². The van der Waals surface area contributed by atoms with Gasteiger partial charge in [-0.3, -0.25) is 4.79 Å². The second kappa shape index (κ2) is 8.66. The van der Waals surface area contributed by atoms with Gasteiger partial charge in [-0.1, -0.05) is 6.07 Å². The molecule has 1 aliphatic heterocycles. The average Bonchev–Trinajstić information content (AvgIpc) is 3.21. The van der Waals surface area contributed by atoms with E-state index in [4.69, 9.17) is 4.74 Å². The highest BCUT2D eigenvalue weighted by Gasteiger charge is 2.24. The lowest BCUT2D eigenvalue weighted by Gasteiger charge is -2.35. The van der Waals surface area contributed by atoms with Crippen LogP contribution in [0.25, 0.3) is 0 Å². The summed E-state index contributed by atoms with van der Waals surface area (Å²) in [7, 11) is 1.67. The van der Waals surface area contributed by atoms with Gasteiger partial charge in [0.1, 0.15) is 11.4 Å². The zero-order chi connectivity index (χ0) is 21.1. The first kappa shape index (κ1) is 20.1. The Balaban J connectivity index is 1.37. The summed E-state index contributed by atoms with van der Waals surface area (Å²) in [6.45, 7) is 6.67. The number of aryl methyl sites for hydroxylation is 2. The summed E-state index contributed by atoms with van der Waals surface area (Å²) >= 11 is 1.38. The number of carbonyl (C=O) groups is 1. The number of methoxy groups -OCH3 is 1. The minimum Gasteiger partial charge on any atom is -0.497 e. The lowest BCUT2D eigenvalue weighted by atomic mass is 10.2. The van der Waals surface area contributed by atoms with Gasteiger partial charge in [-0.15, -0.1) is 11.3 Å². The molecule has 9 heteroatoms. The maximum absolute atomic E-state index is 12.9. The van der Waals surface area contributed by atoms with E-state index in [1.54, 1.807) is 12.5 Å². The number of nitrogens with one attached hydrogen (secondary N) is 1. The predicted octanol–water partition coefficient (Wildman–Crippen LogP) is 3.26. The van der Waals surface area contributed by atoms with Crippen LogP contribution in [0, 0.1) is 13.8 Å². The van der Waals surface area contributed by atoms with Crippen molar-refractivity contribution in [2.24, 2.45) is 0 Å². The Morgan fingerprint density at radius 1 is 1.07 bits per heavy atom. The van der Waals surface area contributed by atoms with E-state index in [-0.39, 0.29) is 5.91 Å². The van der Waals surface area contributed by atoms with Crippen molar-refractivity contribution in [3.8, 4) is 5.75 Å². The highest BCUT2D eigenvalue weighted by molar-refractivity contribution is 7.14. The Kier molecular flexibility index (Phi) is 5.80. The third kappa shape index (κ3) is 4.51. The van der Waals surface area contributed by atoms with Crippen LogP contribution in [0.4, 0.5) is 16.8 Å². The van der Waals surface area contributed by atoms with Crippen LogP contribution in [0.2, 0.25) is 0 Å². The molecule has 1 aromatic carbocycles. The summed E-state index contributed by atoms with van der Waals surface area (Å²) < 4.78 is 5.31. The first-order valence-electron chi connectivity index (χ1n) is 9.75. The molecule has 0 spiro atoms. The topological polar surface area (TPSA) is 83.5 Å². The quantitative estimate of drug-likeness (QED) is 0.673. The molecule has 0 atom stereocenters. The fourth-order valence-electron chi connectivity index (χ4n) is 3.44. The summed E-state index contributed by atoms with van der Waals surface area (Å²) in [5.74, 6) is 1.28. The summed E-state index contributed by atoms with van der Waals surface area (Å²) in [6, 6.07) is 9.90. The fourth-order valence-corrected chi connectivity index (χ4v) is 4.12. The average molecular weight is 425 g/mol. The van der Waals surface area contributed by atoms with Crippen LogP contribution in [0.5, 0.6) is 5.75 Å². The molecule has 0 bridgehead atoms. The normalized spacial score (nSPS) is 14.0. The number of thiazole rings is 1. The Labute approximate surface area is 179 Å². The molecule has 1 aliphatic rings. The van der Waals surface area contributed by atoms with Crippen LogP contribution in [-0.2, 0) is 0 Å². The van der Waals surface area contributed by atoms with E-state index < -0.39 is 0 Å². The fraction of sp³-hybridized carbons (Fsp3) is 0.333. The molecule has 3 aromatic rings. The van der Waals surface area contributed by atoms with Crippen LogP contribution >= 0.6 is 11.3 Å². The van der Waals surface area contributed by atoms with E-state index >= 15 is 0 Å². The molecule has 1 saturated heterocycles. The second-order valence-electron chi connectivity index (χ2n) is 7.12. The number of nitrogens with zero attached hydrogens (tertiary/aromatic N) is 5. The lowest BCUT2D eigenvalue weighted by molar-refractivity contribution is 0.0742.